The van der Waals surface area contributed by atoms with Crippen LogP contribution >= 0.6 is 0 Å². The third-order valence-corrected chi connectivity index (χ3v) is 1.73. The topological polar surface area (TPSA) is 62.1 Å². The Morgan fingerprint density at radius 2 is 2.23 bits per heavy atom. The predicted molar refractivity (Wildman–Crippen MR) is 48.9 cm³/mol. The van der Waals surface area contributed by atoms with Crippen LogP contribution < -0.4 is 5.32 Å². The largest absolute Gasteiger partial charge is 0.372 e. The Bertz CT molecular complexity index is 218. The summed E-state index contributed by atoms with van der Waals surface area (Å²) in [5.41, 5.74) is -0.525. The quantitative estimate of drug-likeness (QED) is 0.699. The van der Waals surface area contributed by atoms with Gasteiger partial charge in [0.15, 0.2) is 0 Å². The van der Waals surface area contributed by atoms with Crippen LogP contribution in [0, 0.1) is 16.7 Å². The SMILES string of the molecule is COC(C)C(=O)NCC(C)(C)C#N. The van der Waals surface area contributed by atoms with Gasteiger partial charge in [0, 0.05) is 13.7 Å². The number of nitrogens with zero attached hydrogens (tertiary/aromatic N) is 1. The Balaban J connectivity index is 3.91. The van der Waals surface area contributed by atoms with Crippen molar-refractivity contribution in [2.45, 2.75) is 26.9 Å². The van der Waals surface area contributed by atoms with E-state index in [2.05, 4.69) is 11.4 Å². The normalized spacial score (nSPS) is 13.2. The van der Waals surface area contributed by atoms with Crippen LogP contribution in [0.15, 0.2) is 0 Å². The molecule has 4 nitrogen and oxygen atoms in total. The summed E-state index contributed by atoms with van der Waals surface area (Å²) in [6.07, 6.45) is -0.463. The minimum absolute atomic E-state index is 0.189. The van der Waals surface area contributed by atoms with Gasteiger partial charge in [-0.15, -0.1) is 0 Å². The molecule has 0 rings (SSSR count). The number of nitrogens with one attached hydrogen (secondary N) is 1. The van der Waals surface area contributed by atoms with E-state index in [1.807, 2.05) is 0 Å². The molecular formula is C9H16N2O2. The highest BCUT2D eigenvalue weighted by Gasteiger charge is 2.19. The zero-order valence-corrected chi connectivity index (χ0v) is 8.55. The smallest absolute Gasteiger partial charge is 0.248 e. The van der Waals surface area contributed by atoms with Crippen LogP contribution in [0.3, 0.4) is 0 Å². The number of rotatable bonds is 4. The molecule has 0 aliphatic carbocycles. The molecule has 13 heavy (non-hydrogen) atoms. The Morgan fingerprint density at radius 1 is 1.69 bits per heavy atom. The average Bonchev–Trinajstić information content (AvgIpc) is 2.13. The van der Waals surface area contributed by atoms with Crippen molar-refractivity contribution >= 4 is 5.91 Å². The minimum Gasteiger partial charge on any atom is -0.372 e. The van der Waals surface area contributed by atoms with Crippen molar-refractivity contribution in [2.75, 3.05) is 13.7 Å². The summed E-state index contributed by atoms with van der Waals surface area (Å²) in [4.78, 5) is 11.2. The molecule has 0 fully saturated rings. The Labute approximate surface area is 78.9 Å². The third-order valence-electron chi connectivity index (χ3n) is 1.73. The number of methoxy groups -OCH3 is 1. The lowest BCUT2D eigenvalue weighted by atomic mass is 9.96. The van der Waals surface area contributed by atoms with E-state index in [1.165, 1.54) is 7.11 Å². The molecule has 1 N–H and O–H groups in total. The van der Waals surface area contributed by atoms with Crippen molar-refractivity contribution in [3.8, 4) is 6.07 Å². The number of carbonyl (C=O) groups is 1. The molecule has 1 unspecified atom stereocenters. The molecule has 0 saturated carbocycles. The summed E-state index contributed by atoms with van der Waals surface area (Å²) in [6.45, 7) is 5.54. The lowest BCUT2D eigenvalue weighted by molar-refractivity contribution is -0.130. The first kappa shape index (κ1) is 11.9. The molecular weight excluding hydrogens is 168 g/mol. The highest BCUT2D eigenvalue weighted by atomic mass is 16.5. The number of nitriles is 1. The first-order valence-electron chi connectivity index (χ1n) is 4.14. The summed E-state index contributed by atoms with van der Waals surface area (Å²) in [6, 6.07) is 2.10. The van der Waals surface area contributed by atoms with Gasteiger partial charge in [0.1, 0.15) is 6.10 Å². The number of hydrogen-bond donors (Lipinski definition) is 1. The highest BCUT2D eigenvalue weighted by molar-refractivity contribution is 5.80. The molecule has 0 heterocycles. The van der Waals surface area contributed by atoms with Crippen LogP contribution in [0.5, 0.6) is 0 Å². The second-order valence-corrected chi connectivity index (χ2v) is 3.59. The van der Waals surface area contributed by atoms with Gasteiger partial charge in [0.25, 0.3) is 0 Å². The van der Waals surface area contributed by atoms with Crippen LogP contribution in [0.25, 0.3) is 0 Å². The summed E-state index contributed by atoms with van der Waals surface area (Å²) in [7, 11) is 1.47. The van der Waals surface area contributed by atoms with E-state index in [4.69, 9.17) is 10.00 Å². The second-order valence-electron chi connectivity index (χ2n) is 3.59. The summed E-state index contributed by atoms with van der Waals surface area (Å²) in [5.74, 6) is -0.189. The molecule has 0 radical (unpaired) electrons. The predicted octanol–water partition coefficient (Wildman–Crippen LogP) is 0.687. The van der Waals surface area contributed by atoms with Crippen LogP contribution in [0.1, 0.15) is 20.8 Å². The van der Waals surface area contributed by atoms with E-state index >= 15 is 0 Å². The van der Waals surface area contributed by atoms with Gasteiger partial charge in [-0.3, -0.25) is 4.79 Å². The summed E-state index contributed by atoms with van der Waals surface area (Å²) >= 11 is 0. The Morgan fingerprint density at radius 3 is 2.62 bits per heavy atom. The fourth-order valence-corrected chi connectivity index (χ4v) is 0.598. The van der Waals surface area contributed by atoms with Crippen molar-refractivity contribution in [2.24, 2.45) is 5.41 Å². The minimum atomic E-state index is -0.525. The molecule has 0 aromatic heterocycles. The molecule has 0 aromatic rings. The van der Waals surface area contributed by atoms with Crippen molar-refractivity contribution in [1.82, 2.24) is 5.32 Å². The van der Waals surface area contributed by atoms with Crippen LogP contribution in [0.4, 0.5) is 0 Å². The molecule has 0 aromatic carbocycles. The van der Waals surface area contributed by atoms with Crippen LogP contribution in [-0.2, 0) is 9.53 Å². The van der Waals surface area contributed by atoms with Gasteiger partial charge in [-0.25, -0.2) is 0 Å². The third kappa shape index (κ3) is 4.48. The van der Waals surface area contributed by atoms with E-state index in [0.29, 0.717) is 6.54 Å². The lowest BCUT2D eigenvalue weighted by Gasteiger charge is -2.17. The zero-order chi connectivity index (χ0) is 10.5. The molecule has 0 bridgehead atoms. The number of hydrogen-bond acceptors (Lipinski definition) is 3. The van der Waals surface area contributed by atoms with Gasteiger partial charge < -0.3 is 10.1 Å². The van der Waals surface area contributed by atoms with Gasteiger partial charge in [-0.2, -0.15) is 5.26 Å². The maximum Gasteiger partial charge on any atom is 0.248 e. The maximum absolute atomic E-state index is 11.2. The number of ether oxygens (including phenoxy) is 1. The van der Waals surface area contributed by atoms with Gasteiger partial charge in [-0.05, 0) is 20.8 Å². The van der Waals surface area contributed by atoms with E-state index in [0.717, 1.165) is 0 Å². The van der Waals surface area contributed by atoms with E-state index in [-0.39, 0.29) is 5.91 Å². The van der Waals surface area contributed by atoms with Crippen molar-refractivity contribution in [1.29, 1.82) is 5.26 Å². The molecule has 1 atom stereocenters. The lowest BCUT2D eigenvalue weighted by Crippen LogP contribution is -2.39. The van der Waals surface area contributed by atoms with Gasteiger partial charge in [0.2, 0.25) is 5.91 Å². The number of carbonyl (C=O) groups excluding carboxylic acids is 1. The van der Waals surface area contributed by atoms with Crippen LogP contribution in [0.2, 0.25) is 0 Å². The zero-order valence-electron chi connectivity index (χ0n) is 8.55. The maximum atomic E-state index is 11.2. The van der Waals surface area contributed by atoms with Crippen LogP contribution in [-0.4, -0.2) is 25.7 Å². The average molecular weight is 184 g/mol. The van der Waals surface area contributed by atoms with Crippen molar-refractivity contribution in [3.05, 3.63) is 0 Å². The van der Waals surface area contributed by atoms with E-state index in [1.54, 1.807) is 20.8 Å². The fraction of sp³-hybridized carbons (Fsp3) is 0.778. The summed E-state index contributed by atoms with van der Waals surface area (Å²) in [5, 5.41) is 11.3. The first-order valence-corrected chi connectivity index (χ1v) is 4.14. The van der Waals surface area contributed by atoms with Crippen molar-refractivity contribution < 1.29 is 9.53 Å². The fourth-order valence-electron chi connectivity index (χ4n) is 0.598. The molecule has 0 aliphatic heterocycles. The van der Waals surface area contributed by atoms with Gasteiger partial charge in [0.05, 0.1) is 11.5 Å². The second kappa shape index (κ2) is 4.83. The van der Waals surface area contributed by atoms with Gasteiger partial charge >= 0.3 is 0 Å². The standard InChI is InChI=1S/C9H16N2O2/c1-7(13-4)8(12)11-6-9(2,3)5-10/h7H,6H2,1-4H3,(H,11,12). The molecule has 0 aliphatic rings. The summed E-state index contributed by atoms with van der Waals surface area (Å²) < 4.78 is 4.82. The Kier molecular flexibility index (Phi) is 4.43. The monoisotopic (exact) mass is 184 g/mol. The van der Waals surface area contributed by atoms with Gasteiger partial charge in [-0.1, -0.05) is 0 Å². The van der Waals surface area contributed by atoms with E-state index < -0.39 is 11.5 Å². The van der Waals surface area contributed by atoms with E-state index in [9.17, 15) is 4.79 Å². The number of amides is 1. The first-order chi connectivity index (χ1) is 5.93. The molecule has 0 spiro atoms. The van der Waals surface area contributed by atoms with Crippen molar-refractivity contribution in [3.63, 3.8) is 0 Å². The molecule has 74 valence electrons. The molecule has 1 amide bonds. The highest BCUT2D eigenvalue weighted by Crippen LogP contribution is 2.10. The molecule has 4 heteroatoms. The molecule has 0 saturated heterocycles. The Hall–Kier alpha value is -1.08.